The highest BCUT2D eigenvalue weighted by molar-refractivity contribution is 5.96. The molecule has 7 heteroatoms. The Labute approximate surface area is 163 Å². The molecule has 2 aromatic carbocycles. The maximum atomic E-state index is 11.9. The lowest BCUT2D eigenvalue weighted by Gasteiger charge is -2.06. The first-order valence-corrected chi connectivity index (χ1v) is 8.71. The molecule has 7 nitrogen and oxygen atoms in total. The lowest BCUT2D eigenvalue weighted by Crippen LogP contribution is -2.20. The fourth-order valence-corrected chi connectivity index (χ4v) is 2.24. The smallest absolute Gasteiger partial charge is 0.331 e. The standard InChI is InChI=1S/C21H22N2O5/c1-3-27-18-11-4-15(5-12-18)6-13-20(25)28-14-19(24)23-17-9-7-16(8-10-17)21(26)22-2/h4-13H,3,14H2,1-2H3,(H,22,26)(H,23,24)/b13-6+. The second-order valence-electron chi connectivity index (χ2n) is 5.65. The molecule has 0 saturated carbocycles. The van der Waals surface area contributed by atoms with Crippen LogP contribution in [0.5, 0.6) is 5.75 Å². The number of nitrogens with one attached hydrogen (secondary N) is 2. The van der Waals surface area contributed by atoms with Crippen LogP contribution in [0.3, 0.4) is 0 Å². The van der Waals surface area contributed by atoms with E-state index >= 15 is 0 Å². The van der Waals surface area contributed by atoms with Gasteiger partial charge in [-0.3, -0.25) is 9.59 Å². The van der Waals surface area contributed by atoms with Gasteiger partial charge in [-0.2, -0.15) is 0 Å². The molecule has 0 fully saturated rings. The lowest BCUT2D eigenvalue weighted by molar-refractivity contribution is -0.142. The maximum Gasteiger partial charge on any atom is 0.331 e. The number of rotatable bonds is 8. The zero-order chi connectivity index (χ0) is 20.4. The molecular formula is C21H22N2O5. The minimum atomic E-state index is -0.626. The van der Waals surface area contributed by atoms with Crippen molar-refractivity contribution in [3.63, 3.8) is 0 Å². The second kappa shape index (κ2) is 10.5. The summed E-state index contributed by atoms with van der Waals surface area (Å²) in [5.41, 5.74) is 1.78. The van der Waals surface area contributed by atoms with E-state index in [1.807, 2.05) is 19.1 Å². The van der Waals surface area contributed by atoms with Gasteiger partial charge in [0.25, 0.3) is 11.8 Å². The van der Waals surface area contributed by atoms with E-state index in [4.69, 9.17) is 9.47 Å². The third-order valence-electron chi connectivity index (χ3n) is 3.61. The minimum Gasteiger partial charge on any atom is -0.494 e. The van der Waals surface area contributed by atoms with Crippen molar-refractivity contribution in [3.05, 3.63) is 65.7 Å². The van der Waals surface area contributed by atoms with Gasteiger partial charge in [0.1, 0.15) is 5.75 Å². The van der Waals surface area contributed by atoms with Crippen LogP contribution >= 0.6 is 0 Å². The summed E-state index contributed by atoms with van der Waals surface area (Å²) in [6.07, 6.45) is 2.84. The SMILES string of the molecule is CCOc1ccc(/C=C/C(=O)OCC(=O)Nc2ccc(C(=O)NC)cc2)cc1. The zero-order valence-electron chi connectivity index (χ0n) is 15.7. The van der Waals surface area contributed by atoms with Crippen LogP contribution in [0.4, 0.5) is 5.69 Å². The number of amides is 2. The van der Waals surface area contributed by atoms with Gasteiger partial charge < -0.3 is 20.1 Å². The van der Waals surface area contributed by atoms with Gasteiger partial charge in [-0.15, -0.1) is 0 Å². The first kappa shape index (κ1) is 20.7. The summed E-state index contributed by atoms with van der Waals surface area (Å²) in [5, 5.41) is 5.10. The van der Waals surface area contributed by atoms with Crippen molar-refractivity contribution < 1.29 is 23.9 Å². The molecule has 0 spiro atoms. The van der Waals surface area contributed by atoms with Crippen molar-refractivity contribution in [3.8, 4) is 5.75 Å². The molecule has 2 aromatic rings. The molecule has 0 bridgehead atoms. The molecule has 0 aliphatic carbocycles. The Balaban J connectivity index is 1.78. The fourth-order valence-electron chi connectivity index (χ4n) is 2.24. The first-order valence-electron chi connectivity index (χ1n) is 8.71. The normalized spacial score (nSPS) is 10.4. The van der Waals surface area contributed by atoms with Gasteiger partial charge in [-0.1, -0.05) is 12.1 Å². The molecule has 2 amide bonds. The molecule has 0 unspecified atom stereocenters. The van der Waals surface area contributed by atoms with Gasteiger partial charge >= 0.3 is 5.97 Å². The quantitative estimate of drug-likeness (QED) is 0.541. The topological polar surface area (TPSA) is 93.7 Å². The number of carbonyl (C=O) groups is 3. The number of anilines is 1. The van der Waals surface area contributed by atoms with Crippen LogP contribution in [0.2, 0.25) is 0 Å². The molecule has 0 saturated heterocycles. The van der Waals surface area contributed by atoms with Crippen LogP contribution in [0.25, 0.3) is 6.08 Å². The number of esters is 1. The molecular weight excluding hydrogens is 360 g/mol. The Hall–Kier alpha value is -3.61. The molecule has 0 aliphatic rings. The summed E-state index contributed by atoms with van der Waals surface area (Å²) in [6, 6.07) is 13.6. The van der Waals surface area contributed by atoms with E-state index in [1.54, 1.807) is 42.5 Å². The van der Waals surface area contributed by atoms with Crippen LogP contribution in [-0.2, 0) is 14.3 Å². The fraction of sp³-hybridized carbons (Fsp3) is 0.190. The van der Waals surface area contributed by atoms with Crippen molar-refractivity contribution in [2.75, 3.05) is 25.6 Å². The molecule has 0 atom stereocenters. The van der Waals surface area contributed by atoms with E-state index in [-0.39, 0.29) is 5.91 Å². The lowest BCUT2D eigenvalue weighted by atomic mass is 10.2. The zero-order valence-corrected chi connectivity index (χ0v) is 15.7. The molecule has 28 heavy (non-hydrogen) atoms. The van der Waals surface area contributed by atoms with Gasteiger partial charge in [0.15, 0.2) is 6.61 Å². The predicted octanol–water partition coefficient (Wildman–Crippen LogP) is 2.64. The molecule has 2 rings (SSSR count). The number of benzene rings is 2. The monoisotopic (exact) mass is 382 g/mol. The third kappa shape index (κ3) is 6.60. The summed E-state index contributed by atoms with van der Waals surface area (Å²) < 4.78 is 10.3. The van der Waals surface area contributed by atoms with E-state index < -0.39 is 18.5 Å². The van der Waals surface area contributed by atoms with E-state index in [9.17, 15) is 14.4 Å². The predicted molar refractivity (Wildman–Crippen MR) is 106 cm³/mol. The molecule has 2 N–H and O–H groups in total. The molecule has 0 radical (unpaired) electrons. The van der Waals surface area contributed by atoms with Gasteiger partial charge in [0, 0.05) is 24.4 Å². The Bertz CT molecular complexity index is 842. The van der Waals surface area contributed by atoms with Crippen molar-refractivity contribution in [2.45, 2.75) is 6.92 Å². The summed E-state index contributed by atoms with van der Waals surface area (Å²) in [5.74, 6) is -0.567. The van der Waals surface area contributed by atoms with Crippen molar-refractivity contribution >= 4 is 29.5 Å². The van der Waals surface area contributed by atoms with Gasteiger partial charge in [-0.05, 0) is 55.0 Å². The average Bonchev–Trinajstić information content (AvgIpc) is 2.72. The van der Waals surface area contributed by atoms with Crippen molar-refractivity contribution in [1.29, 1.82) is 0 Å². The second-order valence-corrected chi connectivity index (χ2v) is 5.65. The number of hydrogen-bond acceptors (Lipinski definition) is 5. The largest absolute Gasteiger partial charge is 0.494 e. The van der Waals surface area contributed by atoms with E-state index in [0.717, 1.165) is 11.3 Å². The van der Waals surface area contributed by atoms with Gasteiger partial charge in [0.2, 0.25) is 0 Å². The summed E-state index contributed by atoms with van der Waals surface area (Å²) >= 11 is 0. The number of carbonyl (C=O) groups excluding carboxylic acids is 3. The van der Waals surface area contributed by atoms with Gasteiger partial charge in [-0.25, -0.2) is 4.79 Å². The molecule has 0 aromatic heterocycles. The highest BCUT2D eigenvalue weighted by Gasteiger charge is 2.07. The number of ether oxygens (including phenoxy) is 2. The summed E-state index contributed by atoms with van der Waals surface area (Å²) in [4.78, 5) is 35.1. The van der Waals surface area contributed by atoms with Crippen LogP contribution in [0, 0.1) is 0 Å². The third-order valence-corrected chi connectivity index (χ3v) is 3.61. The maximum absolute atomic E-state index is 11.9. The summed E-state index contributed by atoms with van der Waals surface area (Å²) in [6.45, 7) is 2.07. The number of hydrogen-bond donors (Lipinski definition) is 2. The molecule has 146 valence electrons. The van der Waals surface area contributed by atoms with Crippen LogP contribution in [-0.4, -0.2) is 38.0 Å². The van der Waals surface area contributed by atoms with Gasteiger partial charge in [0.05, 0.1) is 6.61 Å². The van der Waals surface area contributed by atoms with E-state index in [1.165, 1.54) is 13.1 Å². The van der Waals surface area contributed by atoms with E-state index in [2.05, 4.69) is 10.6 Å². The molecule has 0 aliphatic heterocycles. The highest BCUT2D eigenvalue weighted by Crippen LogP contribution is 2.13. The Kier molecular flexibility index (Phi) is 7.77. The van der Waals surface area contributed by atoms with Crippen LogP contribution in [0.15, 0.2) is 54.6 Å². The Morgan fingerprint density at radius 3 is 2.29 bits per heavy atom. The highest BCUT2D eigenvalue weighted by atomic mass is 16.5. The van der Waals surface area contributed by atoms with Crippen molar-refractivity contribution in [1.82, 2.24) is 5.32 Å². The minimum absolute atomic E-state index is 0.217. The van der Waals surface area contributed by atoms with Crippen LogP contribution < -0.4 is 15.4 Å². The average molecular weight is 382 g/mol. The van der Waals surface area contributed by atoms with Crippen LogP contribution in [0.1, 0.15) is 22.8 Å². The summed E-state index contributed by atoms with van der Waals surface area (Å²) in [7, 11) is 1.54. The van der Waals surface area contributed by atoms with Crippen molar-refractivity contribution in [2.24, 2.45) is 0 Å². The molecule has 0 heterocycles. The Morgan fingerprint density at radius 1 is 1.00 bits per heavy atom. The first-order chi connectivity index (χ1) is 13.5. The van der Waals surface area contributed by atoms with E-state index in [0.29, 0.717) is 17.9 Å². The Morgan fingerprint density at radius 2 is 1.68 bits per heavy atom.